The molecule has 2 aliphatic heterocycles. The maximum absolute atomic E-state index is 11.0. The summed E-state index contributed by atoms with van der Waals surface area (Å²) in [7, 11) is 1.22. The number of aliphatic carboxylic acids is 3. The van der Waals surface area contributed by atoms with E-state index in [1.807, 2.05) is 0 Å². The van der Waals surface area contributed by atoms with Crippen molar-refractivity contribution in [1.82, 2.24) is 10.2 Å². The first-order chi connectivity index (χ1) is 33.1. The van der Waals surface area contributed by atoms with E-state index in [9.17, 15) is 59.1 Å². The first-order valence-corrected chi connectivity index (χ1v) is 22.3. The topological polar surface area (TPSA) is 388 Å². The van der Waals surface area contributed by atoms with Gasteiger partial charge in [-0.25, -0.2) is 20.3 Å². The normalized spacial score (nSPS) is 13.0. The molecule has 3 unspecified atom stereocenters. The van der Waals surface area contributed by atoms with Gasteiger partial charge in [-0.3, -0.25) is 51.5 Å². The molecule has 6 N–H and O–H groups in total. The summed E-state index contributed by atoms with van der Waals surface area (Å²) in [5.41, 5.74) is 3.96. The van der Waals surface area contributed by atoms with Crippen molar-refractivity contribution in [2.75, 3.05) is 24.4 Å². The second-order valence-corrected chi connectivity index (χ2v) is 16.8. The van der Waals surface area contributed by atoms with E-state index in [-0.39, 0.29) is 157 Å². The molecule has 0 spiro atoms. The van der Waals surface area contributed by atoms with Crippen LogP contribution in [0.2, 0.25) is 0 Å². The number of rotatable bonds is 7. The van der Waals surface area contributed by atoms with Crippen LogP contribution in [-0.2, 0) is 136 Å². The zero-order valence-corrected chi connectivity index (χ0v) is 54.9. The minimum atomic E-state index is -1.06. The molecule has 0 aliphatic carbocycles. The van der Waals surface area contributed by atoms with Gasteiger partial charge in [-0.15, -0.1) is 0 Å². The van der Waals surface area contributed by atoms with E-state index >= 15 is 0 Å². The van der Waals surface area contributed by atoms with E-state index in [0.29, 0.717) is 11.5 Å². The van der Waals surface area contributed by atoms with Crippen LogP contribution in [0.4, 0.5) is 31.4 Å². The average Bonchev–Trinajstić information content (AvgIpc) is 4.05. The van der Waals surface area contributed by atoms with Gasteiger partial charge in [0.25, 0.3) is 17.1 Å². The number of nitro groups is 3. The Labute approximate surface area is 545 Å². The van der Waals surface area contributed by atoms with Gasteiger partial charge in [-0.1, -0.05) is 62.0 Å². The summed E-state index contributed by atoms with van der Waals surface area (Å²) in [6, 6.07) is 21.8. The molecule has 3 aromatic carbocycles. The molecule has 0 bridgehead atoms. The van der Waals surface area contributed by atoms with E-state index in [1.165, 1.54) is 72.9 Å². The second-order valence-electron chi connectivity index (χ2n) is 14.6. The fraction of sp³-hybridized carbons (Fsp3) is 0.348. The Balaban J connectivity index is -0.0000000856. The van der Waals surface area contributed by atoms with Crippen LogP contribution >= 0.6 is 36.2 Å². The molecular weight excluding hydrogens is 1320 g/mol. The smallest absolute Gasteiger partial charge is 0.519 e. The van der Waals surface area contributed by atoms with Crippen LogP contribution in [0.25, 0.3) is 0 Å². The van der Waals surface area contributed by atoms with E-state index < -0.39 is 74.4 Å². The van der Waals surface area contributed by atoms with Crippen LogP contribution in [0.15, 0.2) is 91.0 Å². The van der Waals surface area contributed by atoms with Gasteiger partial charge >= 0.3 is 36.3 Å². The summed E-state index contributed by atoms with van der Waals surface area (Å²) in [6.45, 7) is 13.3. The molecule has 2 fully saturated rings. The van der Waals surface area contributed by atoms with Crippen LogP contribution in [0.3, 0.4) is 0 Å². The van der Waals surface area contributed by atoms with Crippen LogP contribution < -0.4 is 11.1 Å². The molecule has 2 saturated heterocycles. The minimum Gasteiger partial charge on any atom is -0.545 e. The Morgan fingerprint density at radius 1 is 0.705 bits per heavy atom. The van der Waals surface area contributed by atoms with Crippen LogP contribution in [-0.4, -0.2) is 132 Å². The number of carbonyl (C=O) groups is 6. The fourth-order valence-electron chi connectivity index (χ4n) is 3.64. The SMILES string of the molecule is C.CC(C)(C)OC(=O)OC(=O)OC(C)(C)C.COC(=O)N1[CH-]SCC1C(=O)O.NC(CS)C(=O)O.O=C(O)C1CS[CH-]N1.O=[N+]([O-])c1ccccc1.O=[N+]([O-])c1ccccc1.O=[N+]([O-])c1ccccc1.[CH-]=O.[CH3-].[CH3-].[CH3-].[Y].[Y].[Y]. The van der Waals surface area contributed by atoms with Crippen molar-refractivity contribution >= 4 is 96.3 Å². The number of carboxylic acids is 3. The summed E-state index contributed by atoms with van der Waals surface area (Å²) >= 11 is 6.42. The Morgan fingerprint density at radius 2 is 1.04 bits per heavy atom. The summed E-state index contributed by atoms with van der Waals surface area (Å²) in [5.74, 6) is 1.60. The van der Waals surface area contributed by atoms with Gasteiger partial charge in [0.15, 0.2) is 0 Å². The van der Waals surface area contributed by atoms with Crippen molar-refractivity contribution in [2.45, 2.75) is 78.3 Å². The number of non-ortho nitro benzene ring substituents is 3. The molecule has 3 atom stereocenters. The summed E-state index contributed by atoms with van der Waals surface area (Å²) in [6.07, 6.45) is -2.75. The minimum absolute atomic E-state index is 0. The number of benzene rings is 3. The Kier molecular flexibility index (Phi) is 68.2. The third kappa shape index (κ3) is 52.9. The molecule has 0 aromatic heterocycles. The number of amides is 1. The van der Waals surface area contributed by atoms with Gasteiger partial charge in [-0.05, 0) is 53.0 Å². The van der Waals surface area contributed by atoms with Crippen molar-refractivity contribution in [3.05, 3.63) is 155 Å². The van der Waals surface area contributed by atoms with Crippen molar-refractivity contribution < 1.29 is 181 Å². The number of nitro benzene ring substituents is 3. The van der Waals surface area contributed by atoms with Crippen molar-refractivity contribution in [3.63, 3.8) is 0 Å². The van der Waals surface area contributed by atoms with Gasteiger partial charge in [0, 0.05) is 140 Å². The summed E-state index contributed by atoms with van der Waals surface area (Å²) in [4.78, 5) is 101. The largest absolute Gasteiger partial charge is 0.545 e. The molecule has 0 saturated carbocycles. The number of para-hydroxylation sites is 3. The van der Waals surface area contributed by atoms with Gasteiger partial charge in [-0.2, -0.15) is 18.5 Å². The first kappa shape index (κ1) is 96.5. The monoisotopic (exact) mass is 1390 g/mol. The molecule has 78 heavy (non-hydrogen) atoms. The molecule has 2 aliphatic rings. The predicted octanol–water partition coefficient (Wildman–Crippen LogP) is 8.96. The number of hydrogen-bond donors (Lipinski definition) is 6. The van der Waals surface area contributed by atoms with E-state index in [4.69, 9.17) is 35.3 Å². The number of nitrogens with zero attached hydrogens (tertiary/aromatic N) is 4. The van der Waals surface area contributed by atoms with Crippen molar-refractivity contribution in [1.29, 1.82) is 0 Å². The van der Waals surface area contributed by atoms with Gasteiger partial charge in [0.05, 0.1) is 27.9 Å². The number of thiol groups is 1. The van der Waals surface area contributed by atoms with Gasteiger partial charge < -0.3 is 101 Å². The summed E-state index contributed by atoms with van der Waals surface area (Å²) < 4.78 is 18.2. The molecule has 2 heterocycles. The number of methoxy groups -OCH3 is 1. The molecule has 5 rings (SSSR count). The molecule has 1 amide bonds. The Morgan fingerprint density at radius 3 is 1.22 bits per heavy atom. The molecule has 435 valence electrons. The quantitative estimate of drug-likeness (QED) is 0.0188. The Hall–Kier alpha value is -3.77. The van der Waals surface area contributed by atoms with Crippen molar-refractivity contribution in [3.8, 4) is 0 Å². The summed E-state index contributed by atoms with van der Waals surface area (Å²) in [5, 5.41) is 57.7. The zero-order valence-electron chi connectivity index (χ0n) is 43.9. The number of carbonyl (C=O) groups excluding carboxylic acids is 4. The van der Waals surface area contributed by atoms with Crippen LogP contribution in [0.5, 0.6) is 0 Å². The third-order valence-electron chi connectivity index (χ3n) is 6.72. The fourth-order valence-corrected chi connectivity index (χ4v) is 5.55. The maximum atomic E-state index is 11.0. The Bertz CT molecular complexity index is 1960. The molecule has 3 radical (unpaired) electrons. The predicted molar refractivity (Wildman–Crippen MR) is 289 cm³/mol. The second kappa shape index (κ2) is 55.2. The van der Waals surface area contributed by atoms with Crippen LogP contribution in [0, 0.1) is 64.4 Å². The standard InChI is InChI=1S/C10H18O5.C6H8NO4S.3C6H5NO2.C4H6NO2S.C3H7NO2S.CHO.CH4.3CH3.3Y/c1-9(2,3)14-7(11)13-8(12)15-10(4,5)6;1-11-6(10)7-3-12-2-4(7)5(8)9;3*8-7(9)6-4-2-1-3-5-6;6-4(7)3-1-8-2-5-3;4-2(1-7)3(5)6;1-2;;;;;;;/h1-6H3;3-4H,2H2,1H3,(H,8,9);3*1-5H;2-3,5H,1H2,(H,6,7);2,7H,1,4H2,(H,5,6);1H;1H4;3*1H3;;;/q;-1;;;;-1;;-1;;3*-1;;;. The number of hydrogen-bond acceptors (Lipinski definition) is 22. The number of ether oxygens (including phenoxy) is 4. The number of thioether (sulfide) groups is 2. The van der Waals surface area contributed by atoms with Gasteiger partial charge in [0.2, 0.25) is 0 Å². The number of nitrogens with two attached hydrogens (primary N) is 1. The van der Waals surface area contributed by atoms with E-state index in [2.05, 4.69) is 34.2 Å². The van der Waals surface area contributed by atoms with E-state index in [1.54, 1.807) is 102 Å². The number of carboxylic acid groups (broad SMARTS) is 3. The first-order valence-electron chi connectivity index (χ1n) is 19.6. The van der Waals surface area contributed by atoms with E-state index in [0.717, 1.165) is 4.90 Å². The van der Waals surface area contributed by atoms with Gasteiger partial charge in [0.1, 0.15) is 23.3 Å². The maximum Gasteiger partial charge on any atom is 0.519 e. The molecule has 3 aromatic rings. The molecule has 26 nitrogen and oxygen atoms in total. The van der Waals surface area contributed by atoms with Crippen LogP contribution in [0.1, 0.15) is 49.0 Å². The molecule has 32 heteroatoms. The van der Waals surface area contributed by atoms with Crippen molar-refractivity contribution in [2.24, 2.45) is 5.73 Å². The molecular formula is C46H68N6O20S3Y3-6. The number of nitrogens with one attached hydrogen (secondary N) is 1. The third-order valence-corrected chi connectivity index (χ3v) is 8.83. The average molecular weight is 1390 g/mol. The zero-order chi connectivity index (χ0) is 55.3.